The molecule has 21 heavy (non-hydrogen) atoms. The largest absolute Gasteiger partial charge is 0.497 e. The van der Waals surface area contributed by atoms with Gasteiger partial charge < -0.3 is 15.0 Å². The molecule has 2 fully saturated rings. The van der Waals surface area contributed by atoms with Gasteiger partial charge in [-0.15, -0.1) is 0 Å². The second kappa shape index (κ2) is 7.25. The second-order valence-electron chi connectivity index (χ2n) is 6.13. The van der Waals surface area contributed by atoms with Crippen LogP contribution in [-0.2, 0) is 6.42 Å². The molecule has 0 radical (unpaired) electrons. The van der Waals surface area contributed by atoms with E-state index in [2.05, 4.69) is 39.4 Å². The van der Waals surface area contributed by atoms with E-state index in [1.54, 1.807) is 7.11 Å². The fourth-order valence-electron chi connectivity index (χ4n) is 3.44. The van der Waals surface area contributed by atoms with Crippen LogP contribution in [0.2, 0.25) is 0 Å². The Morgan fingerprint density at radius 2 is 1.90 bits per heavy atom. The Morgan fingerprint density at radius 1 is 1.14 bits per heavy atom. The summed E-state index contributed by atoms with van der Waals surface area (Å²) in [6.45, 7) is 8.43. The van der Waals surface area contributed by atoms with Crippen LogP contribution in [0, 0.1) is 0 Å². The molecule has 4 heteroatoms. The minimum absolute atomic E-state index is 0.781. The minimum atomic E-state index is 0.781. The molecule has 0 saturated carbocycles. The lowest BCUT2D eigenvalue weighted by atomic mass is 10.1. The Morgan fingerprint density at radius 3 is 2.62 bits per heavy atom. The second-order valence-corrected chi connectivity index (χ2v) is 6.13. The normalized spacial score (nSPS) is 24.3. The van der Waals surface area contributed by atoms with Crippen LogP contribution in [0.25, 0.3) is 0 Å². The first-order valence-electron chi connectivity index (χ1n) is 8.15. The highest BCUT2D eigenvalue weighted by Gasteiger charge is 2.27. The van der Waals surface area contributed by atoms with Crippen LogP contribution in [0.4, 0.5) is 0 Å². The molecule has 0 aliphatic carbocycles. The molecule has 0 amide bonds. The van der Waals surface area contributed by atoms with Crippen molar-refractivity contribution in [2.45, 2.75) is 18.9 Å². The summed E-state index contributed by atoms with van der Waals surface area (Å²) in [5.74, 6) is 0.943. The highest BCUT2D eigenvalue weighted by atomic mass is 16.5. The highest BCUT2D eigenvalue weighted by molar-refractivity contribution is 5.27. The topological polar surface area (TPSA) is 27.7 Å². The zero-order valence-corrected chi connectivity index (χ0v) is 13.1. The molecule has 116 valence electrons. The summed E-state index contributed by atoms with van der Waals surface area (Å²) in [4.78, 5) is 5.29. The SMILES string of the molecule is COc1ccc(CCN2CCC(N3CCNCC3)C2)cc1. The van der Waals surface area contributed by atoms with Gasteiger partial charge in [-0.25, -0.2) is 0 Å². The summed E-state index contributed by atoms with van der Waals surface area (Å²) in [7, 11) is 1.72. The summed E-state index contributed by atoms with van der Waals surface area (Å²) in [6, 6.07) is 9.26. The van der Waals surface area contributed by atoms with Crippen molar-refractivity contribution in [2.24, 2.45) is 0 Å². The molecule has 2 saturated heterocycles. The van der Waals surface area contributed by atoms with Crippen molar-refractivity contribution in [1.29, 1.82) is 0 Å². The van der Waals surface area contributed by atoms with Gasteiger partial charge in [0.1, 0.15) is 5.75 Å². The van der Waals surface area contributed by atoms with E-state index < -0.39 is 0 Å². The third-order valence-corrected chi connectivity index (χ3v) is 4.79. The number of nitrogens with zero attached hydrogens (tertiary/aromatic N) is 2. The van der Waals surface area contributed by atoms with Crippen LogP contribution in [-0.4, -0.2) is 68.8 Å². The molecule has 2 heterocycles. The number of hydrogen-bond donors (Lipinski definition) is 1. The summed E-state index contributed by atoms with van der Waals surface area (Å²) in [5, 5.41) is 3.44. The minimum Gasteiger partial charge on any atom is -0.497 e. The fraction of sp³-hybridized carbons (Fsp3) is 0.647. The Hall–Kier alpha value is -1.10. The van der Waals surface area contributed by atoms with Crippen molar-refractivity contribution >= 4 is 0 Å². The zero-order valence-electron chi connectivity index (χ0n) is 13.1. The molecule has 4 nitrogen and oxygen atoms in total. The third kappa shape index (κ3) is 3.96. The summed E-state index contributed by atoms with van der Waals surface area (Å²) in [5.41, 5.74) is 1.40. The van der Waals surface area contributed by atoms with E-state index in [-0.39, 0.29) is 0 Å². The molecule has 2 aliphatic rings. The van der Waals surface area contributed by atoms with Crippen LogP contribution in [0.1, 0.15) is 12.0 Å². The van der Waals surface area contributed by atoms with E-state index in [1.165, 1.54) is 44.7 Å². The van der Waals surface area contributed by atoms with Gasteiger partial charge in [0, 0.05) is 45.3 Å². The molecule has 1 unspecified atom stereocenters. The number of nitrogens with one attached hydrogen (secondary N) is 1. The Labute approximate surface area is 128 Å². The van der Waals surface area contributed by atoms with E-state index in [1.807, 2.05) is 0 Å². The van der Waals surface area contributed by atoms with E-state index in [9.17, 15) is 0 Å². The van der Waals surface area contributed by atoms with Crippen molar-refractivity contribution < 1.29 is 4.74 Å². The molecule has 1 aromatic carbocycles. The third-order valence-electron chi connectivity index (χ3n) is 4.79. The molecule has 2 aliphatic heterocycles. The predicted octanol–water partition coefficient (Wildman–Crippen LogP) is 1.22. The van der Waals surface area contributed by atoms with Gasteiger partial charge in [-0.2, -0.15) is 0 Å². The number of rotatable bonds is 5. The number of piperazine rings is 1. The van der Waals surface area contributed by atoms with Crippen molar-refractivity contribution in [3.8, 4) is 5.75 Å². The molecule has 1 aromatic rings. The first-order chi connectivity index (χ1) is 10.3. The van der Waals surface area contributed by atoms with Crippen LogP contribution in [0.5, 0.6) is 5.75 Å². The summed E-state index contributed by atoms with van der Waals surface area (Å²) < 4.78 is 5.21. The number of likely N-dealkylation sites (tertiary alicyclic amines) is 1. The average Bonchev–Trinajstić information content (AvgIpc) is 3.03. The Bertz CT molecular complexity index is 428. The van der Waals surface area contributed by atoms with Gasteiger partial charge >= 0.3 is 0 Å². The van der Waals surface area contributed by atoms with Gasteiger partial charge in [-0.3, -0.25) is 4.90 Å². The maximum atomic E-state index is 5.21. The predicted molar refractivity (Wildman–Crippen MR) is 86.0 cm³/mol. The van der Waals surface area contributed by atoms with Gasteiger partial charge in [0.05, 0.1) is 7.11 Å². The maximum Gasteiger partial charge on any atom is 0.118 e. The number of methoxy groups -OCH3 is 1. The molecule has 1 atom stereocenters. The first kappa shape index (κ1) is 14.8. The van der Waals surface area contributed by atoms with Gasteiger partial charge in [-0.05, 0) is 37.1 Å². The van der Waals surface area contributed by atoms with Gasteiger partial charge in [0.2, 0.25) is 0 Å². The lowest BCUT2D eigenvalue weighted by Gasteiger charge is -2.32. The Balaban J connectivity index is 1.43. The molecule has 0 bridgehead atoms. The fourth-order valence-corrected chi connectivity index (χ4v) is 3.44. The summed E-state index contributed by atoms with van der Waals surface area (Å²) in [6.07, 6.45) is 2.47. The van der Waals surface area contributed by atoms with Gasteiger partial charge in [0.15, 0.2) is 0 Å². The van der Waals surface area contributed by atoms with Crippen molar-refractivity contribution in [1.82, 2.24) is 15.1 Å². The van der Waals surface area contributed by atoms with Crippen molar-refractivity contribution in [2.75, 3.05) is 52.9 Å². The monoisotopic (exact) mass is 289 g/mol. The molecule has 0 spiro atoms. The van der Waals surface area contributed by atoms with Gasteiger partial charge in [-0.1, -0.05) is 12.1 Å². The smallest absolute Gasteiger partial charge is 0.118 e. The lowest BCUT2D eigenvalue weighted by molar-refractivity contribution is 0.172. The zero-order chi connectivity index (χ0) is 14.5. The number of ether oxygens (including phenoxy) is 1. The van der Waals surface area contributed by atoms with Gasteiger partial charge in [0.25, 0.3) is 0 Å². The Kier molecular flexibility index (Phi) is 5.12. The molecule has 1 N–H and O–H groups in total. The van der Waals surface area contributed by atoms with Crippen LogP contribution in [0.3, 0.4) is 0 Å². The summed E-state index contributed by atoms with van der Waals surface area (Å²) >= 11 is 0. The standard InChI is InChI=1S/C17H27N3O/c1-21-17-4-2-15(3-5-17)6-10-19-11-7-16(14-19)20-12-8-18-9-13-20/h2-5,16,18H,6-14H2,1H3. The highest BCUT2D eigenvalue weighted by Crippen LogP contribution is 2.17. The molecule has 0 aromatic heterocycles. The van der Waals surface area contributed by atoms with Crippen molar-refractivity contribution in [3.05, 3.63) is 29.8 Å². The van der Waals surface area contributed by atoms with E-state index >= 15 is 0 Å². The van der Waals surface area contributed by atoms with Crippen LogP contribution in [0.15, 0.2) is 24.3 Å². The first-order valence-corrected chi connectivity index (χ1v) is 8.15. The van der Waals surface area contributed by atoms with E-state index in [4.69, 9.17) is 4.74 Å². The van der Waals surface area contributed by atoms with E-state index in [0.29, 0.717) is 0 Å². The van der Waals surface area contributed by atoms with Crippen LogP contribution < -0.4 is 10.1 Å². The molecular weight excluding hydrogens is 262 g/mol. The molecule has 3 rings (SSSR count). The maximum absolute atomic E-state index is 5.21. The number of hydrogen-bond acceptors (Lipinski definition) is 4. The van der Waals surface area contributed by atoms with E-state index in [0.717, 1.165) is 31.3 Å². The number of benzene rings is 1. The average molecular weight is 289 g/mol. The molecular formula is C17H27N3O. The quantitative estimate of drug-likeness (QED) is 0.882. The lowest BCUT2D eigenvalue weighted by Crippen LogP contribution is -2.49. The van der Waals surface area contributed by atoms with Crippen molar-refractivity contribution in [3.63, 3.8) is 0 Å². The van der Waals surface area contributed by atoms with Crippen LogP contribution >= 0.6 is 0 Å².